The predicted octanol–water partition coefficient (Wildman–Crippen LogP) is 3.95. The summed E-state index contributed by atoms with van der Waals surface area (Å²) in [6.07, 6.45) is 2.76. The van der Waals surface area contributed by atoms with Gasteiger partial charge in [0.2, 0.25) is 0 Å². The summed E-state index contributed by atoms with van der Waals surface area (Å²) in [5, 5.41) is 3.93. The molecular formula is C19H21ClN2O3S. The number of aryl methyl sites for hydroxylation is 1. The number of benzene rings is 1. The molecule has 0 unspecified atom stereocenters. The molecule has 0 fully saturated rings. The van der Waals surface area contributed by atoms with Crippen molar-refractivity contribution in [2.24, 2.45) is 11.7 Å². The van der Waals surface area contributed by atoms with Gasteiger partial charge in [-0.25, -0.2) is 0 Å². The Morgan fingerprint density at radius 1 is 1.42 bits per heavy atom. The van der Waals surface area contributed by atoms with Gasteiger partial charge in [-0.2, -0.15) is 0 Å². The summed E-state index contributed by atoms with van der Waals surface area (Å²) in [5.74, 6) is 0.343. The van der Waals surface area contributed by atoms with Crippen LogP contribution >= 0.6 is 22.9 Å². The first kappa shape index (κ1) is 18.7. The lowest BCUT2D eigenvalue weighted by Gasteiger charge is -2.18. The van der Waals surface area contributed by atoms with Gasteiger partial charge >= 0.3 is 0 Å². The number of ether oxygens (including phenoxy) is 1. The zero-order valence-corrected chi connectivity index (χ0v) is 16.3. The standard InChI is InChI=1S/C19H21ClN2O3S/c1-10-3-5-13-15(7-10)26-19(17(13)18(21)24)22-16(23)9-25-14-6-4-12(20)8-11(14)2/h4,6,8,10H,3,5,7,9H2,1-2H3,(H2,21,24)(H,22,23)/t10-/m1/s1. The van der Waals surface area contributed by atoms with Crippen LogP contribution in [0.4, 0.5) is 5.00 Å². The Morgan fingerprint density at radius 2 is 2.19 bits per heavy atom. The molecular weight excluding hydrogens is 372 g/mol. The SMILES string of the molecule is Cc1cc(Cl)ccc1OCC(=O)Nc1sc2c(c1C(N)=O)CC[C@@H](C)C2. The van der Waals surface area contributed by atoms with E-state index in [2.05, 4.69) is 12.2 Å². The molecule has 1 aliphatic rings. The summed E-state index contributed by atoms with van der Waals surface area (Å²) in [6.45, 7) is 3.89. The van der Waals surface area contributed by atoms with Crippen LogP contribution in [0.1, 0.15) is 39.7 Å². The molecule has 1 aromatic heterocycles. The Balaban J connectivity index is 1.72. The van der Waals surface area contributed by atoms with Crippen LogP contribution in [-0.4, -0.2) is 18.4 Å². The zero-order valence-electron chi connectivity index (χ0n) is 14.7. The van der Waals surface area contributed by atoms with E-state index in [-0.39, 0.29) is 12.5 Å². The van der Waals surface area contributed by atoms with Crippen LogP contribution in [-0.2, 0) is 17.6 Å². The molecule has 26 heavy (non-hydrogen) atoms. The first-order chi connectivity index (χ1) is 12.3. The molecule has 138 valence electrons. The Bertz CT molecular complexity index is 863. The molecule has 0 saturated heterocycles. The second kappa shape index (κ2) is 7.68. The lowest BCUT2D eigenvalue weighted by Crippen LogP contribution is -2.23. The van der Waals surface area contributed by atoms with Crippen molar-refractivity contribution in [3.63, 3.8) is 0 Å². The molecule has 5 nitrogen and oxygen atoms in total. The third-order valence-corrected chi connectivity index (χ3v) is 5.91. The number of fused-ring (bicyclic) bond motifs is 1. The van der Waals surface area contributed by atoms with Crippen LogP contribution in [0.5, 0.6) is 5.75 Å². The number of anilines is 1. The fourth-order valence-electron chi connectivity index (χ4n) is 3.18. The van der Waals surface area contributed by atoms with Crippen molar-refractivity contribution in [1.82, 2.24) is 0 Å². The first-order valence-electron chi connectivity index (χ1n) is 8.48. The van der Waals surface area contributed by atoms with Gasteiger partial charge in [-0.1, -0.05) is 18.5 Å². The van der Waals surface area contributed by atoms with Gasteiger partial charge in [0.25, 0.3) is 11.8 Å². The Morgan fingerprint density at radius 3 is 2.88 bits per heavy atom. The number of carbonyl (C=O) groups is 2. The summed E-state index contributed by atoms with van der Waals surface area (Å²) < 4.78 is 5.56. The summed E-state index contributed by atoms with van der Waals surface area (Å²) in [6, 6.07) is 5.21. The average molecular weight is 393 g/mol. The minimum Gasteiger partial charge on any atom is -0.483 e. The molecule has 2 amide bonds. The first-order valence-corrected chi connectivity index (χ1v) is 9.67. The van der Waals surface area contributed by atoms with Crippen molar-refractivity contribution >= 4 is 39.8 Å². The normalized spacial score (nSPS) is 16.0. The quantitative estimate of drug-likeness (QED) is 0.808. The van der Waals surface area contributed by atoms with Gasteiger partial charge < -0.3 is 15.8 Å². The molecule has 0 aliphatic heterocycles. The van der Waals surface area contributed by atoms with Crippen LogP contribution in [0.2, 0.25) is 5.02 Å². The highest BCUT2D eigenvalue weighted by atomic mass is 35.5. The van der Waals surface area contributed by atoms with Gasteiger partial charge in [0, 0.05) is 9.90 Å². The topological polar surface area (TPSA) is 81.4 Å². The van der Waals surface area contributed by atoms with E-state index < -0.39 is 5.91 Å². The van der Waals surface area contributed by atoms with Gasteiger partial charge in [0.05, 0.1) is 5.56 Å². The lowest BCUT2D eigenvalue weighted by molar-refractivity contribution is -0.118. The monoisotopic (exact) mass is 392 g/mol. The van der Waals surface area contributed by atoms with E-state index in [1.165, 1.54) is 11.3 Å². The highest BCUT2D eigenvalue weighted by Crippen LogP contribution is 2.39. The molecule has 1 heterocycles. The number of thiophene rings is 1. The smallest absolute Gasteiger partial charge is 0.262 e. The molecule has 0 radical (unpaired) electrons. The van der Waals surface area contributed by atoms with Crippen LogP contribution in [0.3, 0.4) is 0 Å². The van der Waals surface area contributed by atoms with Crippen molar-refractivity contribution in [2.45, 2.75) is 33.1 Å². The van der Waals surface area contributed by atoms with Crippen LogP contribution in [0.25, 0.3) is 0 Å². The number of hydrogen-bond acceptors (Lipinski definition) is 4. The Labute approximate surface area is 161 Å². The van der Waals surface area contributed by atoms with Crippen molar-refractivity contribution in [1.29, 1.82) is 0 Å². The number of hydrogen-bond donors (Lipinski definition) is 2. The van der Waals surface area contributed by atoms with E-state index in [9.17, 15) is 9.59 Å². The van der Waals surface area contributed by atoms with Crippen LogP contribution in [0.15, 0.2) is 18.2 Å². The average Bonchev–Trinajstić information content (AvgIpc) is 2.90. The van der Waals surface area contributed by atoms with Crippen molar-refractivity contribution in [3.8, 4) is 5.75 Å². The highest BCUT2D eigenvalue weighted by Gasteiger charge is 2.27. The molecule has 0 spiro atoms. The summed E-state index contributed by atoms with van der Waals surface area (Å²) in [7, 11) is 0. The van der Waals surface area contributed by atoms with E-state index >= 15 is 0 Å². The largest absolute Gasteiger partial charge is 0.483 e. The van der Waals surface area contributed by atoms with Gasteiger partial charge in [-0.3, -0.25) is 9.59 Å². The summed E-state index contributed by atoms with van der Waals surface area (Å²) >= 11 is 7.36. The molecule has 2 aromatic rings. The van der Waals surface area contributed by atoms with Crippen LogP contribution in [0, 0.1) is 12.8 Å². The van der Waals surface area contributed by atoms with Gasteiger partial charge in [0.15, 0.2) is 6.61 Å². The fraction of sp³-hybridized carbons (Fsp3) is 0.368. The van der Waals surface area contributed by atoms with E-state index in [1.54, 1.807) is 18.2 Å². The maximum absolute atomic E-state index is 12.3. The second-order valence-corrected chi connectivity index (χ2v) is 8.21. The van der Waals surface area contributed by atoms with E-state index in [0.29, 0.717) is 27.3 Å². The molecule has 7 heteroatoms. The molecule has 3 rings (SSSR count). The number of primary amides is 1. The van der Waals surface area contributed by atoms with Gasteiger partial charge in [-0.05, 0) is 61.4 Å². The molecule has 1 atom stereocenters. The van der Waals surface area contributed by atoms with Crippen molar-refractivity contribution in [3.05, 3.63) is 44.8 Å². The second-order valence-electron chi connectivity index (χ2n) is 6.67. The molecule has 1 aromatic carbocycles. The Hall–Kier alpha value is -2.05. The maximum atomic E-state index is 12.3. The summed E-state index contributed by atoms with van der Waals surface area (Å²) in [4.78, 5) is 25.4. The van der Waals surface area contributed by atoms with Crippen LogP contribution < -0.4 is 15.8 Å². The van der Waals surface area contributed by atoms with E-state index in [1.807, 2.05) is 6.92 Å². The molecule has 3 N–H and O–H groups in total. The molecule has 0 bridgehead atoms. The van der Waals surface area contributed by atoms with E-state index in [4.69, 9.17) is 22.1 Å². The van der Waals surface area contributed by atoms with E-state index in [0.717, 1.165) is 35.3 Å². The zero-order chi connectivity index (χ0) is 18.8. The van der Waals surface area contributed by atoms with Gasteiger partial charge in [-0.15, -0.1) is 11.3 Å². The van der Waals surface area contributed by atoms with Crippen molar-refractivity contribution < 1.29 is 14.3 Å². The summed E-state index contributed by atoms with van der Waals surface area (Å²) in [5.41, 5.74) is 7.86. The lowest BCUT2D eigenvalue weighted by atomic mass is 9.88. The number of nitrogens with two attached hydrogens (primary N) is 1. The van der Waals surface area contributed by atoms with Gasteiger partial charge in [0.1, 0.15) is 10.8 Å². The number of amides is 2. The fourth-order valence-corrected chi connectivity index (χ4v) is 4.84. The van der Waals surface area contributed by atoms with Crippen molar-refractivity contribution in [2.75, 3.05) is 11.9 Å². The number of halogens is 1. The number of carbonyl (C=O) groups excluding carboxylic acids is 2. The third kappa shape index (κ3) is 4.02. The highest BCUT2D eigenvalue weighted by molar-refractivity contribution is 7.17. The predicted molar refractivity (Wildman–Crippen MR) is 104 cm³/mol. The minimum absolute atomic E-state index is 0.153. The minimum atomic E-state index is -0.498. The Kier molecular flexibility index (Phi) is 5.53. The number of nitrogens with one attached hydrogen (secondary N) is 1. The third-order valence-electron chi connectivity index (χ3n) is 4.51. The maximum Gasteiger partial charge on any atom is 0.262 e. The molecule has 0 saturated carbocycles. The number of rotatable bonds is 5. The molecule has 1 aliphatic carbocycles.